The molecule has 0 saturated carbocycles. The molecule has 1 aromatic heterocycles. The van der Waals surface area contributed by atoms with E-state index in [0.717, 1.165) is 29.5 Å². The van der Waals surface area contributed by atoms with Crippen molar-refractivity contribution < 1.29 is 33.3 Å². The lowest BCUT2D eigenvalue weighted by atomic mass is 9.86. The van der Waals surface area contributed by atoms with Crippen LogP contribution >= 0.6 is 0 Å². The maximum atomic E-state index is 14.1. The third kappa shape index (κ3) is 7.09. The first-order chi connectivity index (χ1) is 23.0. The Morgan fingerprint density at radius 1 is 0.875 bits per heavy atom. The Balaban J connectivity index is 1.45. The molecule has 0 saturated heterocycles. The van der Waals surface area contributed by atoms with Gasteiger partial charge in [-0.1, -0.05) is 60.2 Å². The summed E-state index contributed by atoms with van der Waals surface area (Å²) in [4.78, 5) is 40.7. The van der Waals surface area contributed by atoms with Crippen LogP contribution in [0.25, 0.3) is 11.0 Å². The number of hydrogen-bond donors (Lipinski definition) is 1. The summed E-state index contributed by atoms with van der Waals surface area (Å²) in [7, 11) is 0. The number of rotatable bonds is 4. The molecule has 1 N–H and O–H groups in total. The molecule has 48 heavy (non-hydrogen) atoms. The Hall–Kier alpha value is -4.69. The molecule has 0 spiro atoms. The lowest BCUT2D eigenvalue weighted by molar-refractivity contribution is -0.188. The topological polar surface area (TPSA) is 112 Å². The molecule has 0 aliphatic carbocycles. The molecule has 4 aromatic rings. The number of allylic oxidation sites excluding steroid dienone is 1. The lowest BCUT2D eigenvalue weighted by Crippen LogP contribution is -2.52. The zero-order valence-electron chi connectivity index (χ0n) is 27.9. The van der Waals surface area contributed by atoms with E-state index in [2.05, 4.69) is 36.4 Å². The number of benzene rings is 3. The molecule has 0 amide bonds. The van der Waals surface area contributed by atoms with Crippen LogP contribution < -0.4 is 10.4 Å². The van der Waals surface area contributed by atoms with Gasteiger partial charge in [-0.2, -0.15) is 0 Å². The minimum atomic E-state index is -1.15. The van der Waals surface area contributed by atoms with Crippen LogP contribution in [0.3, 0.4) is 0 Å². The first kappa shape index (κ1) is 33.2. The van der Waals surface area contributed by atoms with Crippen molar-refractivity contribution in [2.45, 2.75) is 90.6 Å². The first-order valence-corrected chi connectivity index (χ1v) is 16.6. The van der Waals surface area contributed by atoms with E-state index in [-0.39, 0.29) is 17.9 Å². The lowest BCUT2D eigenvalue weighted by Gasteiger charge is -2.43. The number of fused-ring (bicyclic) bond motifs is 13. The van der Waals surface area contributed by atoms with E-state index >= 15 is 0 Å². The summed E-state index contributed by atoms with van der Waals surface area (Å²) >= 11 is 0. The monoisotopic (exact) mass is 650 g/mol. The third-order valence-electron chi connectivity index (χ3n) is 9.48. The number of aryl methyl sites for hydroxylation is 2. The quantitative estimate of drug-likeness (QED) is 0.141. The van der Waals surface area contributed by atoms with Crippen molar-refractivity contribution in [1.82, 2.24) is 0 Å². The molecule has 0 radical (unpaired) electrons. The van der Waals surface area contributed by atoms with Crippen LogP contribution in [0.2, 0.25) is 0 Å². The highest BCUT2D eigenvalue weighted by molar-refractivity contribution is 5.90. The van der Waals surface area contributed by atoms with E-state index in [1.807, 2.05) is 32.0 Å². The predicted molar refractivity (Wildman–Crippen MR) is 182 cm³/mol. The summed E-state index contributed by atoms with van der Waals surface area (Å²) in [6.45, 7) is 6.92. The zero-order valence-corrected chi connectivity index (χ0v) is 27.9. The minimum Gasteiger partial charge on any atom is -0.483 e. The average Bonchev–Trinajstić information content (AvgIpc) is 3.05. The van der Waals surface area contributed by atoms with Gasteiger partial charge >= 0.3 is 17.6 Å². The maximum absolute atomic E-state index is 14.1. The molecule has 3 atom stereocenters. The van der Waals surface area contributed by atoms with Crippen LogP contribution in [0, 0.1) is 5.92 Å². The van der Waals surface area contributed by atoms with Gasteiger partial charge in [0.25, 0.3) is 0 Å². The van der Waals surface area contributed by atoms with Gasteiger partial charge in [-0.25, -0.2) is 9.59 Å². The summed E-state index contributed by atoms with van der Waals surface area (Å²) in [5, 5.41) is 10.5. The van der Waals surface area contributed by atoms with Crippen LogP contribution in [0.1, 0.15) is 80.9 Å². The number of aliphatic hydroxyl groups excluding tert-OH is 1. The maximum Gasteiger partial charge on any atom is 0.336 e. The van der Waals surface area contributed by atoms with Crippen molar-refractivity contribution >= 4 is 22.9 Å². The fourth-order valence-corrected chi connectivity index (χ4v) is 6.87. The molecular weight excluding hydrogens is 608 g/mol. The summed E-state index contributed by atoms with van der Waals surface area (Å²) in [5.74, 6) is -0.684. The van der Waals surface area contributed by atoms with Crippen molar-refractivity contribution in [3.05, 3.63) is 122 Å². The molecule has 2 bridgehead atoms. The number of carbonyl (C=O) groups is 2. The standard InChI is InChI=1S/C40H42O8/c1-24(2)30-17-16-26-10-13-27(14-11-26)20-28(15-12-25-8-6-5-7-9-25)21-33(42)46-37-35-32(48-40(3,4)38(37)47-39(30)44)19-18-31-29(23-41)22-34(43)45-36(31)35/h5-11,13-14,18-19,22,28,37-38,41H,12,15-17,20-21,23H2,1-4H3. The van der Waals surface area contributed by atoms with Crippen LogP contribution in [-0.4, -0.2) is 28.8 Å². The summed E-state index contributed by atoms with van der Waals surface area (Å²) < 4.78 is 24.8. The number of hydrogen-bond acceptors (Lipinski definition) is 8. The number of esters is 2. The van der Waals surface area contributed by atoms with Crippen molar-refractivity contribution in [3.63, 3.8) is 0 Å². The zero-order chi connectivity index (χ0) is 34.0. The fraction of sp³-hybridized carbons (Fsp3) is 0.375. The largest absolute Gasteiger partial charge is 0.483 e. The Kier molecular flexibility index (Phi) is 9.56. The average molecular weight is 651 g/mol. The van der Waals surface area contributed by atoms with Gasteiger partial charge in [0.2, 0.25) is 0 Å². The fourth-order valence-electron chi connectivity index (χ4n) is 6.87. The first-order valence-electron chi connectivity index (χ1n) is 16.6. The van der Waals surface area contributed by atoms with Crippen LogP contribution in [0.15, 0.2) is 93.2 Å². The van der Waals surface area contributed by atoms with Gasteiger partial charge < -0.3 is 23.7 Å². The summed E-state index contributed by atoms with van der Waals surface area (Å²) in [5.41, 5.74) is 3.75. The Labute approximate surface area is 280 Å². The minimum absolute atomic E-state index is 0.0338. The normalized spacial score (nSPS) is 21.1. The van der Waals surface area contributed by atoms with Crippen molar-refractivity contribution in [3.8, 4) is 5.75 Å². The van der Waals surface area contributed by atoms with Gasteiger partial charge in [-0.3, -0.25) is 4.79 Å². The summed E-state index contributed by atoms with van der Waals surface area (Å²) in [6, 6.07) is 23.2. The Morgan fingerprint density at radius 3 is 2.31 bits per heavy atom. The number of aliphatic hydroxyl groups is 1. The predicted octanol–water partition coefficient (Wildman–Crippen LogP) is 7.12. The highest BCUT2D eigenvalue weighted by Crippen LogP contribution is 2.47. The van der Waals surface area contributed by atoms with Crippen LogP contribution in [0.4, 0.5) is 0 Å². The molecule has 8 heteroatoms. The number of carbonyl (C=O) groups excluding carboxylic acids is 2. The molecule has 3 aliphatic rings. The van der Waals surface area contributed by atoms with E-state index < -0.39 is 42.0 Å². The van der Waals surface area contributed by atoms with Gasteiger partial charge in [0.05, 0.1) is 12.2 Å². The van der Waals surface area contributed by atoms with Crippen molar-refractivity contribution in [2.75, 3.05) is 0 Å². The smallest absolute Gasteiger partial charge is 0.336 e. The van der Waals surface area contributed by atoms with Crippen LogP contribution in [0.5, 0.6) is 5.75 Å². The second-order valence-corrected chi connectivity index (χ2v) is 13.6. The second-order valence-electron chi connectivity index (χ2n) is 13.6. The molecule has 3 unspecified atom stereocenters. The van der Waals surface area contributed by atoms with E-state index in [1.54, 1.807) is 26.0 Å². The number of ether oxygens (including phenoxy) is 3. The highest BCUT2D eigenvalue weighted by Gasteiger charge is 2.50. The van der Waals surface area contributed by atoms with E-state index in [0.29, 0.717) is 47.1 Å². The molecular formula is C40H42O8. The Bertz CT molecular complexity index is 1900. The second kappa shape index (κ2) is 13.8. The van der Waals surface area contributed by atoms with Gasteiger partial charge in [-0.05, 0) is 100 Å². The van der Waals surface area contributed by atoms with Crippen molar-refractivity contribution in [1.29, 1.82) is 0 Å². The Morgan fingerprint density at radius 2 is 1.60 bits per heavy atom. The van der Waals surface area contributed by atoms with Gasteiger partial charge in [-0.15, -0.1) is 0 Å². The third-order valence-corrected chi connectivity index (χ3v) is 9.48. The van der Waals surface area contributed by atoms with Gasteiger partial charge in [0.1, 0.15) is 16.9 Å². The molecule has 3 aromatic carbocycles. The van der Waals surface area contributed by atoms with E-state index in [9.17, 15) is 19.5 Å². The van der Waals surface area contributed by atoms with Gasteiger partial charge in [0.15, 0.2) is 12.2 Å². The van der Waals surface area contributed by atoms with E-state index in [4.69, 9.17) is 18.6 Å². The SMILES string of the molecule is CC(C)=C1CCc2ccc(cc2)CC(CCc2ccccc2)CC(=O)OC2c3c(ccc4c(CO)cc(=O)oc34)OC(C)(C)C2OC1=O. The van der Waals surface area contributed by atoms with Gasteiger partial charge in [0, 0.05) is 23.4 Å². The molecule has 0 fully saturated rings. The van der Waals surface area contributed by atoms with E-state index in [1.165, 1.54) is 11.6 Å². The molecule has 4 heterocycles. The molecule has 8 nitrogen and oxygen atoms in total. The molecule has 7 rings (SSSR count). The highest BCUT2D eigenvalue weighted by atomic mass is 16.6. The summed E-state index contributed by atoms with van der Waals surface area (Å²) in [6.07, 6.45) is 1.25. The molecule has 250 valence electrons. The van der Waals surface area contributed by atoms with Crippen molar-refractivity contribution in [2.24, 2.45) is 5.92 Å². The van der Waals surface area contributed by atoms with Crippen LogP contribution in [-0.2, 0) is 44.9 Å². The molecule has 3 aliphatic heterocycles.